The lowest BCUT2D eigenvalue weighted by atomic mass is 10.1. The number of aryl methyl sites for hydroxylation is 1. The summed E-state index contributed by atoms with van der Waals surface area (Å²) in [4.78, 5) is 12.5. The fraction of sp³-hybridized carbons (Fsp3) is 0.700. The molecule has 16 heavy (non-hydrogen) atoms. The second-order valence-electron chi connectivity index (χ2n) is 4.64. The number of carbonyl (C=O) groups is 1. The van der Waals surface area contributed by atoms with E-state index in [0.717, 1.165) is 0 Å². The normalized spacial score (nSPS) is 12.1. The van der Waals surface area contributed by atoms with E-state index in [1.807, 2.05) is 20.8 Å². The molecule has 0 amide bonds. The average molecular weight is 227 g/mol. The summed E-state index contributed by atoms with van der Waals surface area (Å²) in [5.41, 5.74) is -0.263. The first-order valence-corrected chi connectivity index (χ1v) is 5.05. The van der Waals surface area contributed by atoms with Crippen LogP contribution in [0, 0.1) is 6.92 Å². The molecule has 0 aliphatic heterocycles. The molecule has 0 spiro atoms. The number of hydrogen-bond acceptors (Lipinski definition) is 5. The van der Waals surface area contributed by atoms with Crippen LogP contribution in [0.1, 0.15) is 32.6 Å². The van der Waals surface area contributed by atoms with E-state index in [4.69, 9.17) is 9.52 Å². The van der Waals surface area contributed by atoms with Gasteiger partial charge in [-0.25, -0.2) is 0 Å². The number of aliphatic carboxylic acids is 1. The molecule has 1 heterocycles. The van der Waals surface area contributed by atoms with Crippen molar-refractivity contribution < 1.29 is 14.3 Å². The zero-order valence-corrected chi connectivity index (χ0v) is 10.0. The summed E-state index contributed by atoms with van der Waals surface area (Å²) in [6.45, 7) is 7.83. The van der Waals surface area contributed by atoms with Gasteiger partial charge in [-0.1, -0.05) is 0 Å². The van der Waals surface area contributed by atoms with Crippen LogP contribution in [0.2, 0.25) is 0 Å². The lowest BCUT2D eigenvalue weighted by Crippen LogP contribution is -2.43. The third kappa shape index (κ3) is 3.62. The lowest BCUT2D eigenvalue weighted by molar-refractivity contribution is -0.140. The second kappa shape index (κ2) is 4.61. The minimum Gasteiger partial charge on any atom is -0.480 e. The smallest absolute Gasteiger partial charge is 0.317 e. The van der Waals surface area contributed by atoms with Crippen LogP contribution in [-0.4, -0.2) is 38.3 Å². The third-order valence-corrected chi connectivity index (χ3v) is 2.17. The molecule has 6 nitrogen and oxygen atoms in total. The Balaban J connectivity index is 2.74. The Hall–Kier alpha value is -1.43. The van der Waals surface area contributed by atoms with Gasteiger partial charge < -0.3 is 9.52 Å². The Morgan fingerprint density at radius 2 is 2.06 bits per heavy atom. The Bertz CT molecular complexity index is 368. The zero-order valence-electron chi connectivity index (χ0n) is 10.0. The van der Waals surface area contributed by atoms with Crippen LogP contribution in [0.25, 0.3) is 0 Å². The molecule has 0 saturated heterocycles. The molecule has 1 rings (SSSR count). The highest BCUT2D eigenvalue weighted by molar-refractivity contribution is 5.69. The SMILES string of the molecule is Cc1nnc(CN(CC(=O)O)C(C)(C)C)o1. The van der Waals surface area contributed by atoms with Crippen molar-refractivity contribution in [2.24, 2.45) is 0 Å². The fourth-order valence-electron chi connectivity index (χ4n) is 1.26. The van der Waals surface area contributed by atoms with E-state index >= 15 is 0 Å². The van der Waals surface area contributed by atoms with Crippen LogP contribution in [0.15, 0.2) is 4.42 Å². The van der Waals surface area contributed by atoms with Crippen LogP contribution in [0.5, 0.6) is 0 Å². The summed E-state index contributed by atoms with van der Waals surface area (Å²) in [7, 11) is 0. The fourth-order valence-corrected chi connectivity index (χ4v) is 1.26. The molecule has 0 bridgehead atoms. The van der Waals surface area contributed by atoms with Crippen LogP contribution in [-0.2, 0) is 11.3 Å². The van der Waals surface area contributed by atoms with Gasteiger partial charge in [-0.3, -0.25) is 9.69 Å². The van der Waals surface area contributed by atoms with Gasteiger partial charge in [0.1, 0.15) is 0 Å². The van der Waals surface area contributed by atoms with Crippen LogP contribution in [0.4, 0.5) is 0 Å². The van der Waals surface area contributed by atoms with E-state index in [0.29, 0.717) is 18.3 Å². The number of rotatable bonds is 4. The molecule has 1 aromatic heterocycles. The number of nitrogens with zero attached hydrogens (tertiary/aromatic N) is 3. The van der Waals surface area contributed by atoms with Crippen molar-refractivity contribution in [3.05, 3.63) is 11.8 Å². The molecule has 6 heteroatoms. The molecule has 0 aliphatic rings. The second-order valence-corrected chi connectivity index (χ2v) is 4.64. The Morgan fingerprint density at radius 3 is 2.44 bits per heavy atom. The van der Waals surface area contributed by atoms with E-state index in [1.54, 1.807) is 11.8 Å². The molecule has 0 atom stereocenters. The van der Waals surface area contributed by atoms with Crippen molar-refractivity contribution >= 4 is 5.97 Å². The molecule has 1 aromatic rings. The minimum absolute atomic E-state index is 0.0507. The first-order valence-electron chi connectivity index (χ1n) is 5.05. The van der Waals surface area contributed by atoms with Crippen molar-refractivity contribution in [2.75, 3.05) is 6.54 Å². The number of carboxylic acids is 1. The van der Waals surface area contributed by atoms with E-state index < -0.39 is 5.97 Å². The number of aromatic nitrogens is 2. The predicted molar refractivity (Wildman–Crippen MR) is 56.8 cm³/mol. The third-order valence-electron chi connectivity index (χ3n) is 2.17. The summed E-state index contributed by atoms with van der Waals surface area (Å²) in [6.07, 6.45) is 0. The molecule has 1 N–H and O–H groups in total. The van der Waals surface area contributed by atoms with E-state index in [2.05, 4.69) is 10.2 Å². The highest BCUT2D eigenvalue weighted by Crippen LogP contribution is 2.16. The monoisotopic (exact) mass is 227 g/mol. The topological polar surface area (TPSA) is 79.5 Å². The van der Waals surface area contributed by atoms with Gasteiger partial charge in [0.15, 0.2) is 0 Å². The van der Waals surface area contributed by atoms with E-state index in [9.17, 15) is 4.79 Å². The van der Waals surface area contributed by atoms with Crippen molar-refractivity contribution in [1.29, 1.82) is 0 Å². The molecular formula is C10H17N3O3. The van der Waals surface area contributed by atoms with Crippen LogP contribution in [0.3, 0.4) is 0 Å². The van der Waals surface area contributed by atoms with E-state index in [1.165, 1.54) is 0 Å². The summed E-state index contributed by atoms with van der Waals surface area (Å²) < 4.78 is 5.23. The van der Waals surface area contributed by atoms with Gasteiger partial charge in [0, 0.05) is 12.5 Å². The predicted octanol–water partition coefficient (Wildman–Crippen LogP) is 1.06. The quantitative estimate of drug-likeness (QED) is 0.828. The summed E-state index contributed by atoms with van der Waals surface area (Å²) in [5.74, 6) is 0.0546. The average Bonchev–Trinajstić information content (AvgIpc) is 2.47. The standard InChI is InChI=1S/C10H17N3O3/c1-7-11-12-8(16-7)5-13(6-9(14)15)10(2,3)4/h5-6H2,1-4H3,(H,14,15). The van der Waals surface area contributed by atoms with E-state index in [-0.39, 0.29) is 12.1 Å². The molecular weight excluding hydrogens is 210 g/mol. The van der Waals surface area contributed by atoms with Crippen LogP contribution < -0.4 is 0 Å². The van der Waals surface area contributed by atoms with Gasteiger partial charge in [0.05, 0.1) is 13.1 Å². The zero-order chi connectivity index (χ0) is 12.3. The molecule has 0 unspecified atom stereocenters. The molecule has 90 valence electrons. The largest absolute Gasteiger partial charge is 0.480 e. The maximum absolute atomic E-state index is 10.7. The lowest BCUT2D eigenvalue weighted by Gasteiger charge is -2.32. The summed E-state index contributed by atoms with van der Waals surface area (Å²) in [6, 6.07) is 0. The van der Waals surface area contributed by atoms with Crippen LogP contribution >= 0.6 is 0 Å². The van der Waals surface area contributed by atoms with Crippen molar-refractivity contribution in [1.82, 2.24) is 15.1 Å². The van der Waals surface area contributed by atoms with Gasteiger partial charge in [0.2, 0.25) is 11.8 Å². The molecule has 0 radical (unpaired) electrons. The van der Waals surface area contributed by atoms with Gasteiger partial charge >= 0.3 is 5.97 Å². The summed E-state index contributed by atoms with van der Waals surface area (Å²) in [5, 5.41) is 16.4. The highest BCUT2D eigenvalue weighted by Gasteiger charge is 2.25. The minimum atomic E-state index is -0.869. The Kier molecular flexibility index (Phi) is 3.64. The van der Waals surface area contributed by atoms with Gasteiger partial charge in [-0.15, -0.1) is 10.2 Å². The molecule has 0 aliphatic carbocycles. The maximum Gasteiger partial charge on any atom is 0.317 e. The molecule has 0 saturated carbocycles. The summed E-state index contributed by atoms with van der Waals surface area (Å²) >= 11 is 0. The number of hydrogen-bond donors (Lipinski definition) is 1. The molecule has 0 aromatic carbocycles. The number of carboxylic acid groups (broad SMARTS) is 1. The van der Waals surface area contributed by atoms with Gasteiger partial charge in [0.25, 0.3) is 0 Å². The Labute approximate surface area is 94.3 Å². The molecule has 0 fully saturated rings. The van der Waals surface area contributed by atoms with Crippen molar-refractivity contribution in [3.8, 4) is 0 Å². The Morgan fingerprint density at radius 1 is 1.44 bits per heavy atom. The van der Waals surface area contributed by atoms with Gasteiger partial charge in [-0.2, -0.15) is 0 Å². The highest BCUT2D eigenvalue weighted by atomic mass is 16.4. The first kappa shape index (κ1) is 12.6. The maximum atomic E-state index is 10.7. The van der Waals surface area contributed by atoms with Gasteiger partial charge in [-0.05, 0) is 20.8 Å². The van der Waals surface area contributed by atoms with Crippen molar-refractivity contribution in [3.63, 3.8) is 0 Å². The van der Waals surface area contributed by atoms with Crippen molar-refractivity contribution in [2.45, 2.75) is 39.8 Å². The first-order chi connectivity index (χ1) is 7.29.